The van der Waals surface area contributed by atoms with Crippen molar-refractivity contribution in [2.75, 3.05) is 29.5 Å². The number of carbonyl (C=O) groups excluding carboxylic acids is 2. The number of rotatable bonds is 2. The highest BCUT2D eigenvalue weighted by atomic mass is 16.6. The van der Waals surface area contributed by atoms with Crippen LogP contribution < -0.4 is 9.80 Å². The molecule has 2 aliphatic heterocycles. The van der Waals surface area contributed by atoms with Crippen LogP contribution in [0.5, 0.6) is 0 Å². The van der Waals surface area contributed by atoms with E-state index in [4.69, 9.17) is 4.74 Å². The first-order valence-corrected chi connectivity index (χ1v) is 9.01. The van der Waals surface area contributed by atoms with Gasteiger partial charge in [-0.1, -0.05) is 6.07 Å². The number of aryl methyl sites for hydroxylation is 2. The number of amides is 2. The van der Waals surface area contributed by atoms with Crippen LogP contribution in [0.2, 0.25) is 0 Å². The third-order valence-electron chi connectivity index (χ3n) is 5.12. The maximum absolute atomic E-state index is 13.1. The van der Waals surface area contributed by atoms with Crippen molar-refractivity contribution in [2.45, 2.75) is 26.7 Å². The van der Waals surface area contributed by atoms with Gasteiger partial charge in [0.05, 0.1) is 6.54 Å². The Morgan fingerprint density at radius 2 is 1.85 bits per heavy atom. The molecule has 0 bridgehead atoms. The fourth-order valence-corrected chi connectivity index (χ4v) is 3.85. The second-order valence-corrected chi connectivity index (χ2v) is 6.95. The second kappa shape index (κ2) is 6.48. The molecular weight excluding hydrogens is 328 g/mol. The van der Waals surface area contributed by atoms with Crippen molar-refractivity contribution in [1.29, 1.82) is 0 Å². The van der Waals surface area contributed by atoms with Crippen molar-refractivity contribution >= 4 is 23.4 Å². The molecule has 0 aliphatic carbocycles. The second-order valence-electron chi connectivity index (χ2n) is 6.95. The molecule has 2 amide bonds. The molecule has 0 atom stereocenters. The van der Waals surface area contributed by atoms with E-state index in [2.05, 4.69) is 26.0 Å². The third kappa shape index (κ3) is 2.83. The summed E-state index contributed by atoms with van der Waals surface area (Å²) in [6.45, 7) is 5.86. The number of carbonyl (C=O) groups is 2. The van der Waals surface area contributed by atoms with Crippen LogP contribution in [0.1, 0.15) is 33.5 Å². The maximum Gasteiger partial charge on any atom is 0.414 e. The summed E-state index contributed by atoms with van der Waals surface area (Å²) in [7, 11) is 0. The van der Waals surface area contributed by atoms with Crippen LogP contribution in [0.25, 0.3) is 0 Å². The lowest BCUT2D eigenvalue weighted by molar-refractivity contribution is 0.0985. The zero-order chi connectivity index (χ0) is 18.3. The summed E-state index contributed by atoms with van der Waals surface area (Å²) in [4.78, 5) is 28.2. The molecule has 134 valence electrons. The molecule has 0 unspecified atom stereocenters. The predicted octanol–water partition coefficient (Wildman–Crippen LogP) is 3.85. The monoisotopic (exact) mass is 350 g/mol. The topological polar surface area (TPSA) is 49.9 Å². The van der Waals surface area contributed by atoms with E-state index in [9.17, 15) is 9.59 Å². The van der Waals surface area contributed by atoms with Gasteiger partial charge in [-0.15, -0.1) is 0 Å². The molecule has 1 fully saturated rings. The molecule has 0 spiro atoms. The van der Waals surface area contributed by atoms with E-state index in [1.807, 2.05) is 17.0 Å². The Labute approximate surface area is 153 Å². The molecule has 1 saturated heterocycles. The van der Waals surface area contributed by atoms with E-state index in [1.54, 1.807) is 17.0 Å². The normalized spacial score (nSPS) is 16.5. The Balaban J connectivity index is 1.62. The van der Waals surface area contributed by atoms with Crippen molar-refractivity contribution in [3.8, 4) is 0 Å². The van der Waals surface area contributed by atoms with E-state index in [0.29, 0.717) is 18.7 Å². The molecule has 2 heterocycles. The average Bonchev–Trinajstić information content (AvgIpc) is 3.07. The number of cyclic esters (lactones) is 1. The van der Waals surface area contributed by atoms with Crippen LogP contribution in [0.3, 0.4) is 0 Å². The number of benzene rings is 2. The lowest BCUT2D eigenvalue weighted by Crippen LogP contribution is -2.36. The molecule has 4 rings (SSSR count). The molecular formula is C21H22N2O3. The quantitative estimate of drug-likeness (QED) is 0.826. The average molecular weight is 350 g/mol. The third-order valence-corrected chi connectivity index (χ3v) is 5.12. The summed E-state index contributed by atoms with van der Waals surface area (Å²) in [5.41, 5.74) is 6.12. The van der Waals surface area contributed by atoms with Crippen LogP contribution in [-0.2, 0) is 11.2 Å². The van der Waals surface area contributed by atoms with Crippen LogP contribution in [0.15, 0.2) is 36.4 Å². The zero-order valence-corrected chi connectivity index (χ0v) is 15.1. The number of fused-ring (bicyclic) bond motifs is 1. The maximum atomic E-state index is 13.1. The zero-order valence-electron chi connectivity index (χ0n) is 15.1. The number of ether oxygens (including phenoxy) is 1. The minimum Gasteiger partial charge on any atom is -0.447 e. The van der Waals surface area contributed by atoms with Crippen molar-refractivity contribution in [2.24, 2.45) is 0 Å². The van der Waals surface area contributed by atoms with E-state index in [0.717, 1.165) is 30.8 Å². The number of hydrogen-bond donors (Lipinski definition) is 0. The summed E-state index contributed by atoms with van der Waals surface area (Å²) in [5, 5.41) is 0. The smallest absolute Gasteiger partial charge is 0.414 e. The molecule has 0 N–H and O–H groups in total. The molecule has 26 heavy (non-hydrogen) atoms. The highest BCUT2D eigenvalue weighted by Gasteiger charge is 2.26. The van der Waals surface area contributed by atoms with Crippen molar-refractivity contribution in [3.05, 3.63) is 58.7 Å². The molecule has 5 nitrogen and oxygen atoms in total. The first-order valence-electron chi connectivity index (χ1n) is 9.01. The minimum atomic E-state index is -0.333. The van der Waals surface area contributed by atoms with Gasteiger partial charge in [-0.25, -0.2) is 4.79 Å². The predicted molar refractivity (Wildman–Crippen MR) is 101 cm³/mol. The Bertz CT molecular complexity index is 874. The molecule has 0 saturated carbocycles. The standard InChI is InChI=1S/C21H22N2O3/c1-14-12-15(2)18-4-3-9-23(19(18)13-14)20(24)16-5-7-17(8-6-16)22-10-11-26-21(22)25/h5-8,12-13H,3-4,9-11H2,1-2H3. The van der Waals surface area contributed by atoms with E-state index in [1.165, 1.54) is 16.7 Å². The van der Waals surface area contributed by atoms with Crippen molar-refractivity contribution in [1.82, 2.24) is 0 Å². The molecule has 2 aromatic rings. The van der Waals surface area contributed by atoms with Gasteiger partial charge in [0.15, 0.2) is 0 Å². The van der Waals surface area contributed by atoms with Gasteiger partial charge in [0, 0.05) is 23.5 Å². The molecule has 0 radical (unpaired) electrons. The Hall–Kier alpha value is -2.82. The summed E-state index contributed by atoms with van der Waals surface area (Å²) < 4.78 is 4.97. The Morgan fingerprint density at radius 1 is 1.08 bits per heavy atom. The van der Waals surface area contributed by atoms with Gasteiger partial charge in [-0.05, 0) is 73.7 Å². The number of nitrogens with zero attached hydrogens (tertiary/aromatic N) is 2. The van der Waals surface area contributed by atoms with Crippen LogP contribution >= 0.6 is 0 Å². The Morgan fingerprint density at radius 3 is 2.54 bits per heavy atom. The van der Waals surface area contributed by atoms with Gasteiger partial charge in [0.25, 0.3) is 5.91 Å². The largest absolute Gasteiger partial charge is 0.447 e. The summed E-state index contributed by atoms with van der Waals surface area (Å²) in [6.07, 6.45) is 1.65. The first kappa shape index (κ1) is 16.6. The fraction of sp³-hybridized carbons (Fsp3) is 0.333. The van der Waals surface area contributed by atoms with Crippen LogP contribution in [0.4, 0.5) is 16.2 Å². The van der Waals surface area contributed by atoms with Gasteiger partial charge >= 0.3 is 6.09 Å². The lowest BCUT2D eigenvalue weighted by atomic mass is 9.94. The number of anilines is 2. The van der Waals surface area contributed by atoms with Gasteiger partial charge < -0.3 is 9.64 Å². The lowest BCUT2D eigenvalue weighted by Gasteiger charge is -2.31. The molecule has 5 heteroatoms. The van der Waals surface area contributed by atoms with Gasteiger partial charge in [0.1, 0.15) is 6.61 Å². The first-order chi connectivity index (χ1) is 12.5. The minimum absolute atomic E-state index is 0.00602. The van der Waals surface area contributed by atoms with E-state index in [-0.39, 0.29) is 12.0 Å². The number of hydrogen-bond acceptors (Lipinski definition) is 3. The van der Waals surface area contributed by atoms with Crippen molar-refractivity contribution in [3.63, 3.8) is 0 Å². The summed E-state index contributed by atoms with van der Waals surface area (Å²) in [6, 6.07) is 11.5. The summed E-state index contributed by atoms with van der Waals surface area (Å²) >= 11 is 0. The highest BCUT2D eigenvalue weighted by molar-refractivity contribution is 6.07. The van der Waals surface area contributed by atoms with Crippen LogP contribution in [-0.4, -0.2) is 31.7 Å². The van der Waals surface area contributed by atoms with Gasteiger partial charge in [-0.2, -0.15) is 0 Å². The Kier molecular flexibility index (Phi) is 4.15. The molecule has 2 aliphatic rings. The van der Waals surface area contributed by atoms with E-state index < -0.39 is 0 Å². The molecule has 2 aromatic carbocycles. The van der Waals surface area contributed by atoms with Crippen LogP contribution in [0, 0.1) is 13.8 Å². The van der Waals surface area contributed by atoms with E-state index >= 15 is 0 Å². The SMILES string of the molecule is Cc1cc(C)c2c(c1)N(C(=O)c1ccc(N3CCOC3=O)cc1)CCC2. The molecule has 0 aromatic heterocycles. The summed E-state index contributed by atoms with van der Waals surface area (Å²) in [5.74, 6) is 0.00602. The van der Waals surface area contributed by atoms with Crippen molar-refractivity contribution < 1.29 is 14.3 Å². The van der Waals surface area contributed by atoms with Gasteiger partial charge in [0.2, 0.25) is 0 Å². The fourth-order valence-electron chi connectivity index (χ4n) is 3.85. The highest BCUT2D eigenvalue weighted by Crippen LogP contribution is 2.32. The van der Waals surface area contributed by atoms with Gasteiger partial charge in [-0.3, -0.25) is 9.69 Å².